The standard InChI is InChI=1S/C11H11BrF3N3/c1-10(2,3)9-8(12)6-4-7(11(13,14)15)16-5-18(6)17-9/h4-5H,1-3H3. The van der Waals surface area contributed by atoms with Crippen molar-refractivity contribution in [3.8, 4) is 0 Å². The Morgan fingerprint density at radius 2 is 1.83 bits per heavy atom. The molecule has 2 rings (SSSR count). The van der Waals surface area contributed by atoms with Gasteiger partial charge in [-0.25, -0.2) is 9.50 Å². The molecule has 0 fully saturated rings. The summed E-state index contributed by atoms with van der Waals surface area (Å²) in [6.07, 6.45) is -3.37. The number of nitrogens with zero attached hydrogens (tertiary/aromatic N) is 3. The molecule has 98 valence electrons. The van der Waals surface area contributed by atoms with E-state index in [2.05, 4.69) is 26.0 Å². The average molecular weight is 322 g/mol. The highest BCUT2D eigenvalue weighted by Gasteiger charge is 2.33. The van der Waals surface area contributed by atoms with E-state index in [-0.39, 0.29) is 5.41 Å². The highest BCUT2D eigenvalue weighted by atomic mass is 79.9. The van der Waals surface area contributed by atoms with Crippen LogP contribution in [0, 0.1) is 0 Å². The predicted molar refractivity (Wildman–Crippen MR) is 64.4 cm³/mol. The van der Waals surface area contributed by atoms with Crippen LogP contribution >= 0.6 is 15.9 Å². The minimum absolute atomic E-state index is 0.261. The van der Waals surface area contributed by atoms with Gasteiger partial charge in [0.15, 0.2) is 0 Å². The Balaban J connectivity index is 2.68. The summed E-state index contributed by atoms with van der Waals surface area (Å²) in [5.74, 6) is 0. The molecule has 2 heterocycles. The van der Waals surface area contributed by atoms with Gasteiger partial charge in [0, 0.05) is 5.41 Å². The Bertz CT molecular complexity index is 596. The molecule has 0 N–H and O–H groups in total. The lowest BCUT2D eigenvalue weighted by Gasteiger charge is -2.15. The largest absolute Gasteiger partial charge is 0.433 e. The van der Waals surface area contributed by atoms with Gasteiger partial charge in [0.25, 0.3) is 0 Å². The minimum atomic E-state index is -4.45. The zero-order valence-electron chi connectivity index (χ0n) is 10.0. The van der Waals surface area contributed by atoms with Gasteiger partial charge in [0.2, 0.25) is 0 Å². The number of rotatable bonds is 0. The lowest BCUT2D eigenvalue weighted by Crippen LogP contribution is -2.12. The lowest BCUT2D eigenvalue weighted by molar-refractivity contribution is -0.141. The number of fused-ring (bicyclic) bond motifs is 1. The van der Waals surface area contributed by atoms with Crippen molar-refractivity contribution in [2.75, 3.05) is 0 Å². The summed E-state index contributed by atoms with van der Waals surface area (Å²) in [7, 11) is 0. The Kier molecular flexibility index (Phi) is 2.92. The van der Waals surface area contributed by atoms with E-state index in [1.807, 2.05) is 20.8 Å². The van der Waals surface area contributed by atoms with Gasteiger partial charge in [-0.3, -0.25) is 0 Å². The van der Waals surface area contributed by atoms with Gasteiger partial charge in [-0.15, -0.1) is 0 Å². The third-order valence-electron chi connectivity index (χ3n) is 2.47. The number of halogens is 4. The highest BCUT2D eigenvalue weighted by molar-refractivity contribution is 9.10. The van der Waals surface area contributed by atoms with E-state index in [4.69, 9.17) is 0 Å². The average Bonchev–Trinajstić information content (AvgIpc) is 2.54. The molecule has 0 spiro atoms. The van der Waals surface area contributed by atoms with Crippen LogP contribution in [0.15, 0.2) is 16.9 Å². The van der Waals surface area contributed by atoms with Crippen molar-refractivity contribution in [3.63, 3.8) is 0 Å². The molecule has 7 heteroatoms. The van der Waals surface area contributed by atoms with Gasteiger partial charge in [0.05, 0.1) is 15.7 Å². The second-order valence-corrected chi connectivity index (χ2v) is 5.81. The summed E-state index contributed by atoms with van der Waals surface area (Å²) in [4.78, 5) is 3.37. The zero-order valence-corrected chi connectivity index (χ0v) is 11.6. The summed E-state index contributed by atoms with van der Waals surface area (Å²) in [6.45, 7) is 5.83. The lowest BCUT2D eigenvalue weighted by atomic mass is 9.92. The van der Waals surface area contributed by atoms with Gasteiger partial charge in [-0.2, -0.15) is 18.3 Å². The van der Waals surface area contributed by atoms with Crippen molar-refractivity contribution >= 4 is 21.4 Å². The summed E-state index contributed by atoms with van der Waals surface area (Å²) in [6, 6.07) is 0.992. The molecule has 0 aromatic carbocycles. The van der Waals surface area contributed by atoms with Crippen LogP contribution in [0.5, 0.6) is 0 Å². The number of aromatic nitrogens is 3. The third kappa shape index (κ3) is 2.23. The minimum Gasteiger partial charge on any atom is -0.232 e. The smallest absolute Gasteiger partial charge is 0.232 e. The molecule has 0 unspecified atom stereocenters. The predicted octanol–water partition coefficient (Wildman–Crippen LogP) is 3.81. The molecule has 0 saturated heterocycles. The molecule has 0 bridgehead atoms. The number of hydrogen-bond acceptors (Lipinski definition) is 2. The molecule has 18 heavy (non-hydrogen) atoms. The Morgan fingerprint density at radius 1 is 1.22 bits per heavy atom. The summed E-state index contributed by atoms with van der Waals surface area (Å²) >= 11 is 3.31. The normalized spacial score (nSPS) is 13.3. The van der Waals surface area contributed by atoms with Crippen molar-refractivity contribution in [2.45, 2.75) is 32.4 Å². The zero-order chi connectivity index (χ0) is 13.7. The molecule has 0 aliphatic rings. The molecule has 0 atom stereocenters. The number of alkyl halides is 3. The van der Waals surface area contributed by atoms with Crippen LogP contribution in [-0.2, 0) is 11.6 Å². The fraction of sp³-hybridized carbons (Fsp3) is 0.455. The van der Waals surface area contributed by atoms with Crippen LogP contribution in [0.25, 0.3) is 5.52 Å². The first-order valence-electron chi connectivity index (χ1n) is 5.22. The van der Waals surface area contributed by atoms with Crippen LogP contribution in [0.1, 0.15) is 32.2 Å². The summed E-state index contributed by atoms with van der Waals surface area (Å²) in [5.41, 5.74) is -0.120. The van der Waals surface area contributed by atoms with Crippen molar-refractivity contribution in [1.82, 2.24) is 14.6 Å². The van der Waals surface area contributed by atoms with Crippen LogP contribution < -0.4 is 0 Å². The molecule has 0 amide bonds. The van der Waals surface area contributed by atoms with Gasteiger partial charge >= 0.3 is 6.18 Å². The molecule has 0 radical (unpaired) electrons. The first-order chi connectivity index (χ1) is 8.10. The van der Waals surface area contributed by atoms with E-state index in [1.165, 1.54) is 4.52 Å². The van der Waals surface area contributed by atoms with Gasteiger partial charge in [-0.05, 0) is 22.0 Å². The molecular weight excluding hydrogens is 311 g/mol. The van der Waals surface area contributed by atoms with E-state index in [9.17, 15) is 13.2 Å². The van der Waals surface area contributed by atoms with Gasteiger partial charge in [-0.1, -0.05) is 20.8 Å². The van der Waals surface area contributed by atoms with E-state index in [1.54, 1.807) is 0 Å². The molecule has 0 saturated carbocycles. The maximum atomic E-state index is 12.6. The third-order valence-corrected chi connectivity index (χ3v) is 3.25. The molecule has 2 aromatic heterocycles. The maximum absolute atomic E-state index is 12.6. The topological polar surface area (TPSA) is 30.2 Å². The summed E-state index contributed by atoms with van der Waals surface area (Å²) < 4.78 is 39.7. The van der Waals surface area contributed by atoms with Crippen LogP contribution in [0.3, 0.4) is 0 Å². The number of hydrogen-bond donors (Lipinski definition) is 0. The van der Waals surface area contributed by atoms with Crippen molar-refractivity contribution in [2.24, 2.45) is 0 Å². The molecule has 3 nitrogen and oxygen atoms in total. The van der Waals surface area contributed by atoms with E-state index in [0.29, 0.717) is 15.7 Å². The second-order valence-electron chi connectivity index (χ2n) is 5.01. The fourth-order valence-electron chi connectivity index (χ4n) is 1.56. The highest BCUT2D eigenvalue weighted by Crippen LogP contribution is 2.34. The Hall–Kier alpha value is -1.11. The second kappa shape index (κ2) is 3.94. The van der Waals surface area contributed by atoms with Crippen molar-refractivity contribution < 1.29 is 13.2 Å². The maximum Gasteiger partial charge on any atom is 0.433 e. The van der Waals surface area contributed by atoms with Gasteiger partial charge in [0.1, 0.15) is 12.0 Å². The molecule has 0 aliphatic heterocycles. The molecule has 2 aromatic rings. The van der Waals surface area contributed by atoms with Crippen LogP contribution in [0.2, 0.25) is 0 Å². The fourth-order valence-corrected chi connectivity index (χ4v) is 2.53. The first kappa shape index (κ1) is 13.3. The quantitative estimate of drug-likeness (QED) is 0.738. The van der Waals surface area contributed by atoms with E-state index < -0.39 is 11.9 Å². The van der Waals surface area contributed by atoms with Crippen molar-refractivity contribution in [1.29, 1.82) is 0 Å². The first-order valence-corrected chi connectivity index (χ1v) is 6.01. The summed E-state index contributed by atoms with van der Waals surface area (Å²) in [5, 5.41) is 4.25. The van der Waals surface area contributed by atoms with Gasteiger partial charge < -0.3 is 0 Å². The van der Waals surface area contributed by atoms with E-state index in [0.717, 1.165) is 12.4 Å². The SMILES string of the molecule is CC(C)(C)c1nn2cnc(C(F)(F)F)cc2c1Br. The van der Waals surface area contributed by atoms with E-state index >= 15 is 0 Å². The molecular formula is C11H11BrF3N3. The van der Waals surface area contributed by atoms with Crippen molar-refractivity contribution in [3.05, 3.63) is 28.3 Å². The monoisotopic (exact) mass is 321 g/mol. The van der Waals surface area contributed by atoms with Crippen LogP contribution in [-0.4, -0.2) is 14.6 Å². The molecule has 0 aliphatic carbocycles. The Morgan fingerprint density at radius 3 is 2.33 bits per heavy atom. The van der Waals surface area contributed by atoms with Crippen LogP contribution in [0.4, 0.5) is 13.2 Å². The Labute approximate surface area is 110 Å².